The van der Waals surface area contributed by atoms with Crippen LogP contribution in [-0.4, -0.2) is 40.5 Å². The van der Waals surface area contributed by atoms with E-state index in [-0.39, 0.29) is 11.4 Å². The molecule has 5 heteroatoms. The van der Waals surface area contributed by atoms with E-state index >= 15 is 0 Å². The van der Waals surface area contributed by atoms with Crippen LogP contribution in [0.25, 0.3) is 0 Å². The molecule has 1 aliphatic heterocycles. The largest absolute Gasteiger partial charge is 0.481 e. The Labute approximate surface area is 107 Å². The molecular formula is C13H22N2O3. The maximum absolute atomic E-state index is 12.2. The van der Waals surface area contributed by atoms with Crippen LogP contribution in [0.3, 0.4) is 0 Å². The van der Waals surface area contributed by atoms with Crippen LogP contribution in [0.15, 0.2) is 0 Å². The molecule has 1 aliphatic carbocycles. The van der Waals surface area contributed by atoms with Gasteiger partial charge in [0.05, 0.1) is 5.92 Å². The summed E-state index contributed by atoms with van der Waals surface area (Å²) in [6, 6.07) is 0. The van der Waals surface area contributed by atoms with E-state index in [0.29, 0.717) is 25.9 Å². The van der Waals surface area contributed by atoms with E-state index in [9.17, 15) is 9.59 Å². The van der Waals surface area contributed by atoms with E-state index in [1.807, 2.05) is 0 Å². The smallest absolute Gasteiger partial charge is 0.308 e. The number of carboxylic acid groups (broad SMARTS) is 1. The van der Waals surface area contributed by atoms with Gasteiger partial charge in [0.1, 0.15) is 0 Å². The molecule has 1 amide bonds. The fourth-order valence-corrected chi connectivity index (χ4v) is 3.07. The van der Waals surface area contributed by atoms with Crippen LogP contribution < -0.4 is 5.73 Å². The zero-order valence-electron chi connectivity index (χ0n) is 10.7. The fraction of sp³-hybridized carbons (Fsp3) is 0.846. The van der Waals surface area contributed by atoms with Crippen molar-refractivity contribution in [2.45, 2.75) is 50.5 Å². The Morgan fingerprint density at radius 3 is 2.56 bits per heavy atom. The average molecular weight is 254 g/mol. The summed E-state index contributed by atoms with van der Waals surface area (Å²) in [4.78, 5) is 24.8. The van der Waals surface area contributed by atoms with Gasteiger partial charge in [-0.1, -0.05) is 12.8 Å². The molecule has 1 saturated carbocycles. The predicted octanol–water partition coefficient (Wildman–Crippen LogP) is 0.971. The Hall–Kier alpha value is -1.10. The molecule has 2 fully saturated rings. The summed E-state index contributed by atoms with van der Waals surface area (Å²) in [7, 11) is 0. The Bertz CT molecular complexity index is 337. The molecule has 5 nitrogen and oxygen atoms in total. The van der Waals surface area contributed by atoms with Gasteiger partial charge in [-0.2, -0.15) is 0 Å². The number of likely N-dealkylation sites (tertiary alicyclic amines) is 1. The number of piperidine rings is 1. The SMILES string of the molecule is NC1(CC(=O)N2CCC[C@@H](C(=O)O)C2)CCCC1. The van der Waals surface area contributed by atoms with Crippen LogP contribution in [0.5, 0.6) is 0 Å². The lowest BCUT2D eigenvalue weighted by molar-refractivity contribution is -0.145. The van der Waals surface area contributed by atoms with Gasteiger partial charge in [0.2, 0.25) is 5.91 Å². The lowest BCUT2D eigenvalue weighted by Gasteiger charge is -2.33. The van der Waals surface area contributed by atoms with Crippen molar-refractivity contribution in [3.8, 4) is 0 Å². The average Bonchev–Trinajstić information content (AvgIpc) is 2.76. The number of aliphatic carboxylic acids is 1. The minimum atomic E-state index is -0.796. The maximum Gasteiger partial charge on any atom is 0.308 e. The zero-order chi connectivity index (χ0) is 13.2. The van der Waals surface area contributed by atoms with Gasteiger partial charge in [-0.15, -0.1) is 0 Å². The van der Waals surface area contributed by atoms with Gasteiger partial charge in [0.15, 0.2) is 0 Å². The predicted molar refractivity (Wildman–Crippen MR) is 66.9 cm³/mol. The summed E-state index contributed by atoms with van der Waals surface area (Å²) in [5, 5.41) is 9.01. The molecule has 0 aromatic rings. The van der Waals surface area contributed by atoms with Crippen molar-refractivity contribution in [3.63, 3.8) is 0 Å². The number of carbonyl (C=O) groups excluding carboxylic acids is 1. The van der Waals surface area contributed by atoms with Crippen molar-refractivity contribution in [3.05, 3.63) is 0 Å². The number of carbonyl (C=O) groups is 2. The Balaban J connectivity index is 1.90. The molecule has 1 atom stereocenters. The zero-order valence-corrected chi connectivity index (χ0v) is 10.7. The normalized spacial score (nSPS) is 27.2. The molecule has 0 aromatic heterocycles. The van der Waals surface area contributed by atoms with E-state index in [1.54, 1.807) is 4.90 Å². The van der Waals surface area contributed by atoms with Gasteiger partial charge in [-0.05, 0) is 25.7 Å². The number of nitrogens with two attached hydrogens (primary N) is 1. The first-order valence-electron chi connectivity index (χ1n) is 6.80. The first kappa shape index (κ1) is 13.3. The summed E-state index contributed by atoms with van der Waals surface area (Å²) in [5.41, 5.74) is 5.86. The number of amides is 1. The summed E-state index contributed by atoms with van der Waals surface area (Å²) in [5.74, 6) is -1.17. The Morgan fingerprint density at radius 1 is 1.28 bits per heavy atom. The van der Waals surface area contributed by atoms with Gasteiger partial charge in [-0.3, -0.25) is 9.59 Å². The standard InChI is InChI=1S/C13H22N2O3/c14-13(5-1-2-6-13)8-11(16)15-7-3-4-10(9-15)12(17)18/h10H,1-9,14H2,(H,17,18)/t10-/m1/s1. The third kappa shape index (κ3) is 3.02. The molecule has 1 saturated heterocycles. The van der Waals surface area contributed by atoms with Gasteiger partial charge < -0.3 is 15.7 Å². The summed E-state index contributed by atoms with van der Waals surface area (Å²) < 4.78 is 0. The molecular weight excluding hydrogens is 232 g/mol. The Kier molecular flexibility index (Phi) is 3.90. The molecule has 0 bridgehead atoms. The third-order valence-corrected chi connectivity index (χ3v) is 4.23. The fourth-order valence-electron chi connectivity index (χ4n) is 3.07. The monoisotopic (exact) mass is 254 g/mol. The Morgan fingerprint density at radius 2 is 1.94 bits per heavy atom. The number of hydrogen-bond donors (Lipinski definition) is 2. The van der Waals surface area contributed by atoms with Gasteiger partial charge in [-0.25, -0.2) is 0 Å². The van der Waals surface area contributed by atoms with E-state index < -0.39 is 11.9 Å². The maximum atomic E-state index is 12.2. The molecule has 0 radical (unpaired) electrons. The van der Waals surface area contributed by atoms with Crippen molar-refractivity contribution >= 4 is 11.9 Å². The van der Waals surface area contributed by atoms with Crippen LogP contribution in [-0.2, 0) is 9.59 Å². The highest BCUT2D eigenvalue weighted by Crippen LogP contribution is 2.31. The second kappa shape index (κ2) is 5.26. The second-order valence-electron chi connectivity index (χ2n) is 5.76. The van der Waals surface area contributed by atoms with Gasteiger partial charge >= 0.3 is 5.97 Å². The van der Waals surface area contributed by atoms with Crippen LogP contribution in [0.2, 0.25) is 0 Å². The van der Waals surface area contributed by atoms with Crippen molar-refractivity contribution in [2.75, 3.05) is 13.1 Å². The first-order chi connectivity index (χ1) is 8.50. The number of rotatable bonds is 3. The van der Waals surface area contributed by atoms with E-state index in [2.05, 4.69) is 0 Å². The van der Waals surface area contributed by atoms with Crippen molar-refractivity contribution < 1.29 is 14.7 Å². The quantitative estimate of drug-likeness (QED) is 0.786. The van der Waals surface area contributed by atoms with Crippen molar-refractivity contribution in [1.82, 2.24) is 4.90 Å². The summed E-state index contributed by atoms with van der Waals surface area (Å²) in [6.45, 7) is 1.03. The molecule has 2 rings (SSSR count). The minimum absolute atomic E-state index is 0.0327. The highest BCUT2D eigenvalue weighted by Gasteiger charge is 2.35. The van der Waals surface area contributed by atoms with Crippen molar-refractivity contribution in [2.24, 2.45) is 11.7 Å². The topological polar surface area (TPSA) is 83.6 Å². The first-order valence-corrected chi connectivity index (χ1v) is 6.80. The molecule has 3 N–H and O–H groups in total. The van der Waals surface area contributed by atoms with Crippen molar-refractivity contribution in [1.29, 1.82) is 0 Å². The van der Waals surface area contributed by atoms with E-state index in [0.717, 1.165) is 32.1 Å². The van der Waals surface area contributed by atoms with Gasteiger partial charge in [0, 0.05) is 25.0 Å². The second-order valence-corrected chi connectivity index (χ2v) is 5.76. The lowest BCUT2D eigenvalue weighted by atomic mass is 9.92. The molecule has 0 unspecified atom stereocenters. The molecule has 0 spiro atoms. The van der Waals surface area contributed by atoms with Gasteiger partial charge in [0.25, 0.3) is 0 Å². The highest BCUT2D eigenvalue weighted by atomic mass is 16.4. The molecule has 1 heterocycles. The lowest BCUT2D eigenvalue weighted by Crippen LogP contribution is -2.47. The van der Waals surface area contributed by atoms with Crippen LogP contribution in [0.4, 0.5) is 0 Å². The summed E-state index contributed by atoms with van der Waals surface area (Å²) >= 11 is 0. The van der Waals surface area contributed by atoms with Crippen LogP contribution in [0.1, 0.15) is 44.9 Å². The minimum Gasteiger partial charge on any atom is -0.481 e. The van der Waals surface area contributed by atoms with Crippen LogP contribution in [0, 0.1) is 5.92 Å². The number of hydrogen-bond acceptors (Lipinski definition) is 3. The molecule has 102 valence electrons. The molecule has 2 aliphatic rings. The van der Waals surface area contributed by atoms with E-state index in [4.69, 9.17) is 10.8 Å². The summed E-state index contributed by atoms with van der Waals surface area (Å²) in [6.07, 6.45) is 5.85. The molecule has 0 aromatic carbocycles. The third-order valence-electron chi connectivity index (χ3n) is 4.23. The number of carboxylic acids is 1. The number of nitrogens with zero attached hydrogens (tertiary/aromatic N) is 1. The highest BCUT2D eigenvalue weighted by molar-refractivity contribution is 5.79. The van der Waals surface area contributed by atoms with Crippen LogP contribution >= 0.6 is 0 Å². The van der Waals surface area contributed by atoms with E-state index in [1.165, 1.54) is 0 Å². The molecule has 18 heavy (non-hydrogen) atoms.